The van der Waals surface area contributed by atoms with Gasteiger partial charge in [0.15, 0.2) is 5.82 Å². The summed E-state index contributed by atoms with van der Waals surface area (Å²) < 4.78 is 11.5. The van der Waals surface area contributed by atoms with Crippen molar-refractivity contribution in [3.8, 4) is 17.7 Å². The van der Waals surface area contributed by atoms with Crippen molar-refractivity contribution in [2.45, 2.75) is 141 Å². The maximum absolute atomic E-state index is 13.2. The molecule has 2 bridgehead atoms. The van der Waals surface area contributed by atoms with Gasteiger partial charge < -0.3 is 66.5 Å². The van der Waals surface area contributed by atoms with Crippen molar-refractivity contribution >= 4 is 34.9 Å². The highest BCUT2D eigenvalue weighted by atomic mass is 16.5. The lowest BCUT2D eigenvalue weighted by molar-refractivity contribution is -0.138. The van der Waals surface area contributed by atoms with Crippen molar-refractivity contribution in [3.63, 3.8) is 0 Å². The smallest absolute Gasteiger partial charge is 0.243 e. The molecule has 19 nitrogen and oxygen atoms in total. The highest BCUT2D eigenvalue weighted by Gasteiger charge is 2.41. The number of amides is 3. The van der Waals surface area contributed by atoms with E-state index >= 15 is 0 Å². The normalized spacial score (nSPS) is 21.2. The number of fused-ring (bicyclic) bond motifs is 2. The van der Waals surface area contributed by atoms with Gasteiger partial charge in [0.1, 0.15) is 29.5 Å². The molecule has 77 heavy (non-hydrogen) atoms. The van der Waals surface area contributed by atoms with Crippen LogP contribution in [0.15, 0.2) is 95.0 Å². The molecule has 1 aliphatic carbocycles. The number of benzene rings is 2. The van der Waals surface area contributed by atoms with Crippen LogP contribution in [-0.2, 0) is 20.8 Å². The van der Waals surface area contributed by atoms with Gasteiger partial charge in [-0.3, -0.25) is 14.4 Å². The molecule has 0 radical (unpaired) electrons. The third-order valence-electron chi connectivity index (χ3n) is 15.6. The number of aliphatic hydroxyl groups excluding tert-OH is 1. The number of phenols is 1. The number of nitrogens with zero attached hydrogens (tertiary/aromatic N) is 8. The number of para-hydroxylation sites is 1. The molecule has 6 aliphatic rings. The van der Waals surface area contributed by atoms with E-state index in [0.29, 0.717) is 110 Å². The average Bonchev–Trinajstić information content (AvgIpc) is 4.20. The molecule has 7 heterocycles. The van der Waals surface area contributed by atoms with Gasteiger partial charge in [0.25, 0.3) is 0 Å². The third-order valence-corrected chi connectivity index (χ3v) is 15.6. The molecule has 5 aliphatic heterocycles. The fourth-order valence-corrected chi connectivity index (χ4v) is 11.2. The second kappa shape index (κ2) is 26.1. The van der Waals surface area contributed by atoms with Gasteiger partial charge in [-0.15, -0.1) is 0 Å². The first-order chi connectivity index (χ1) is 37.2. The Morgan fingerprint density at radius 1 is 0.870 bits per heavy atom. The van der Waals surface area contributed by atoms with Crippen LogP contribution in [0.5, 0.6) is 11.6 Å². The van der Waals surface area contributed by atoms with Crippen molar-refractivity contribution in [2.75, 3.05) is 55.6 Å². The van der Waals surface area contributed by atoms with Crippen LogP contribution in [0.25, 0.3) is 5.70 Å². The number of carbonyl (C=O) groups is 3. The minimum Gasteiger partial charge on any atom is -0.507 e. The molecule has 1 saturated carbocycles. The first kappa shape index (κ1) is 55.8. The summed E-state index contributed by atoms with van der Waals surface area (Å²) in [6.07, 6.45) is 14.7. The molecule has 3 amide bonds. The van der Waals surface area contributed by atoms with Gasteiger partial charge in [-0.05, 0) is 120 Å². The Balaban J connectivity index is 0.000000198. The summed E-state index contributed by atoms with van der Waals surface area (Å²) in [5.41, 5.74) is 22.8. The van der Waals surface area contributed by atoms with Crippen molar-refractivity contribution in [2.24, 2.45) is 23.1 Å². The van der Waals surface area contributed by atoms with Crippen LogP contribution < -0.4 is 37.1 Å². The van der Waals surface area contributed by atoms with Crippen molar-refractivity contribution in [1.29, 1.82) is 5.26 Å². The van der Waals surface area contributed by atoms with Gasteiger partial charge in [0, 0.05) is 99.1 Å². The van der Waals surface area contributed by atoms with Crippen molar-refractivity contribution in [1.82, 2.24) is 30.2 Å². The predicted octanol–water partition coefficient (Wildman–Crippen LogP) is 6.03. The molecule has 0 spiro atoms. The summed E-state index contributed by atoms with van der Waals surface area (Å²) in [5, 5.41) is 36.1. The largest absolute Gasteiger partial charge is 0.507 e. The quantitative estimate of drug-likeness (QED) is 0.0835. The number of nitriles is 1. The van der Waals surface area contributed by atoms with E-state index in [1.165, 1.54) is 12.8 Å². The minimum absolute atomic E-state index is 0.0210. The van der Waals surface area contributed by atoms with E-state index in [2.05, 4.69) is 62.2 Å². The summed E-state index contributed by atoms with van der Waals surface area (Å²) in [5.74, 6) is 1.97. The number of hydrogen-bond acceptors (Lipinski definition) is 16. The van der Waals surface area contributed by atoms with Gasteiger partial charge in [0.05, 0.1) is 35.9 Å². The lowest BCUT2D eigenvalue weighted by Crippen LogP contribution is -2.53. The van der Waals surface area contributed by atoms with Gasteiger partial charge in [-0.1, -0.05) is 49.7 Å². The number of allylic oxidation sites excluding steroid dienone is 1. The number of piperazine rings is 1. The Bertz CT molecular complexity index is 2720. The Hall–Kier alpha value is -7.46. The number of hydrogen-bond donors (Lipinski definition) is 6. The maximum Gasteiger partial charge on any atom is 0.243 e. The number of ether oxygens (including phenoxy) is 1. The molecule has 6 fully saturated rings. The van der Waals surface area contributed by atoms with Gasteiger partial charge in [-0.2, -0.15) is 5.26 Å². The molecule has 5 saturated heterocycles. The number of piperidine rings is 2. The zero-order valence-corrected chi connectivity index (χ0v) is 44.9. The first-order valence-electron chi connectivity index (χ1n) is 27.7. The Morgan fingerprint density at radius 3 is 2.19 bits per heavy atom. The standard InChI is InChI=1S/C30H38N6O5.C25H32N6O2.C3H8/c1-20(22-6-4-21(19-31)5-7-22)32-29(39)26-3-2-12-36(26)28(38)18-25-17-27(33-41-25)34-13-8-23(9-14-34)30(40)35-15-10-24(37)11-16-35;26-21(20-6-1-2-7-23(20)32)13-22(25(27)28)30-14-17-8-9-18(15-30)31(17)16-10-11-29-24(12-16)33-19-4-3-5-19;1-3-2/h4-7,17,20,23-24,26,37H,2-3,8-16,18H2,1H3,(H,32,39);1-2,6-7,10-13,17-19,32H,3-5,8-9,14-15,26-28H2;3H2,1-2H3/b;21-13-;. The second-order valence-electron chi connectivity index (χ2n) is 21.2. The summed E-state index contributed by atoms with van der Waals surface area (Å²) >= 11 is 0. The van der Waals surface area contributed by atoms with Crippen molar-refractivity contribution < 1.29 is 33.9 Å². The molecule has 4 unspecified atom stereocenters. The highest BCUT2D eigenvalue weighted by molar-refractivity contribution is 5.89. The van der Waals surface area contributed by atoms with Crippen LogP contribution >= 0.6 is 0 Å². The molecule has 9 N–H and O–H groups in total. The zero-order chi connectivity index (χ0) is 54.6. The van der Waals surface area contributed by atoms with Crippen LogP contribution in [0, 0.1) is 17.2 Å². The molecule has 4 aromatic rings. The molecular weight excluding hydrogens is 977 g/mol. The fraction of sp³-hybridized carbons (Fsp3) is 0.517. The average molecular weight is 1060 g/mol. The number of anilines is 2. The molecule has 4 atom stereocenters. The number of aromatic nitrogens is 2. The first-order valence-corrected chi connectivity index (χ1v) is 27.7. The lowest BCUT2D eigenvalue weighted by atomic mass is 9.94. The van der Waals surface area contributed by atoms with Crippen molar-refractivity contribution in [3.05, 3.63) is 113 Å². The van der Waals surface area contributed by atoms with Crippen LogP contribution in [0.3, 0.4) is 0 Å². The van der Waals surface area contributed by atoms with E-state index in [-0.39, 0.29) is 53.8 Å². The van der Waals surface area contributed by atoms with E-state index in [1.807, 2.05) is 36.2 Å². The number of aliphatic hydroxyl groups is 1. The molecule has 19 heteroatoms. The monoisotopic (exact) mass is 1050 g/mol. The Labute approximate surface area is 452 Å². The SMILES string of the molecule is CC(NC(=O)C1CCCN1C(=O)Cc1cc(N2CCC(C(=O)N3CCC(O)CC3)CC2)no1)c1ccc(C#N)cc1.CCC.NC(N)=C(/C=C(\N)c1ccccc1O)N1CC2CCC(C1)N2c1ccnc(OC2CCC2)c1. The number of nitrogens with one attached hydrogen (secondary N) is 1. The molecule has 412 valence electrons. The summed E-state index contributed by atoms with van der Waals surface area (Å²) in [6.45, 7) is 10.8. The molecule has 2 aromatic carbocycles. The lowest BCUT2D eigenvalue weighted by Gasteiger charge is -2.44. The Morgan fingerprint density at radius 2 is 1.56 bits per heavy atom. The fourth-order valence-electron chi connectivity index (χ4n) is 11.2. The van der Waals surface area contributed by atoms with E-state index in [0.717, 1.165) is 69.3 Å². The predicted molar refractivity (Wildman–Crippen MR) is 294 cm³/mol. The third kappa shape index (κ3) is 13.9. The number of likely N-dealkylation sites (tertiary alicyclic amines) is 3. The topological polar surface area (TPSA) is 270 Å². The zero-order valence-electron chi connectivity index (χ0n) is 44.9. The van der Waals surface area contributed by atoms with Gasteiger partial charge in [0.2, 0.25) is 23.6 Å². The number of rotatable bonds is 13. The van der Waals surface area contributed by atoms with E-state index in [4.69, 9.17) is 31.7 Å². The summed E-state index contributed by atoms with van der Waals surface area (Å²) in [4.78, 5) is 53.9. The van der Waals surface area contributed by atoms with Crippen LogP contribution in [0.2, 0.25) is 0 Å². The molecule has 2 aromatic heterocycles. The highest BCUT2D eigenvalue weighted by Crippen LogP contribution is 2.38. The maximum atomic E-state index is 13.2. The number of nitrogens with two attached hydrogens (primary N) is 3. The van der Waals surface area contributed by atoms with Gasteiger partial charge >= 0.3 is 0 Å². The second-order valence-corrected chi connectivity index (χ2v) is 21.2. The number of phenolic OH excluding ortho intramolecular Hbond substituents is 1. The van der Waals surface area contributed by atoms with Crippen LogP contribution in [0.1, 0.15) is 126 Å². The van der Waals surface area contributed by atoms with Crippen LogP contribution in [0.4, 0.5) is 11.5 Å². The minimum atomic E-state index is -0.537. The summed E-state index contributed by atoms with van der Waals surface area (Å²) in [6, 6.07) is 22.0. The van der Waals surface area contributed by atoms with Crippen LogP contribution in [-0.4, -0.2) is 129 Å². The van der Waals surface area contributed by atoms with E-state index in [1.54, 1.807) is 47.4 Å². The number of carbonyl (C=O) groups excluding carboxylic acids is 3. The number of aromatic hydroxyl groups is 1. The molecular formula is C58H78N12O7. The van der Waals surface area contributed by atoms with E-state index < -0.39 is 6.04 Å². The summed E-state index contributed by atoms with van der Waals surface area (Å²) in [7, 11) is 0. The van der Waals surface area contributed by atoms with Gasteiger partial charge in [-0.25, -0.2) is 4.98 Å². The molecule has 10 rings (SSSR count). The Kier molecular flexibility index (Phi) is 18.9. The van der Waals surface area contributed by atoms with E-state index in [9.17, 15) is 24.6 Å². The number of pyridine rings is 1.